The average Bonchev–Trinajstić information content (AvgIpc) is 2.48. The van der Waals surface area contributed by atoms with Crippen LogP contribution in [0.5, 0.6) is 5.75 Å². The van der Waals surface area contributed by atoms with Crippen molar-refractivity contribution in [2.24, 2.45) is 0 Å². The largest absolute Gasteiger partial charge is 0.481 e. The van der Waals surface area contributed by atoms with Crippen molar-refractivity contribution in [3.05, 3.63) is 53.1 Å². The molecule has 0 spiro atoms. The number of hydrogen-bond donors (Lipinski definition) is 0. The van der Waals surface area contributed by atoms with Gasteiger partial charge in [-0.05, 0) is 42.3 Å². The van der Waals surface area contributed by atoms with E-state index in [9.17, 15) is 13.6 Å². The lowest BCUT2D eigenvalue weighted by Gasteiger charge is -2.18. The molecule has 0 fully saturated rings. The fourth-order valence-electron chi connectivity index (χ4n) is 2.09. The van der Waals surface area contributed by atoms with Crippen LogP contribution in [0.2, 0.25) is 5.02 Å². The summed E-state index contributed by atoms with van der Waals surface area (Å²) in [6, 6.07) is 8.16. The van der Waals surface area contributed by atoms with E-state index in [0.29, 0.717) is 11.1 Å². The second kappa shape index (κ2) is 6.96. The van der Waals surface area contributed by atoms with Gasteiger partial charge in [-0.2, -0.15) is 0 Å². The monoisotopic (exact) mass is 339 g/mol. The van der Waals surface area contributed by atoms with Gasteiger partial charge in [0.05, 0.1) is 5.02 Å². The second-order valence-corrected chi connectivity index (χ2v) is 5.70. The minimum Gasteiger partial charge on any atom is -0.481 e. The third-order valence-electron chi connectivity index (χ3n) is 3.23. The van der Waals surface area contributed by atoms with Crippen LogP contribution in [0.25, 0.3) is 11.1 Å². The molecule has 0 saturated carbocycles. The molecule has 0 aromatic heterocycles. The lowest BCUT2D eigenvalue weighted by atomic mass is 10.1. The Morgan fingerprint density at radius 2 is 1.83 bits per heavy atom. The predicted octanol–water partition coefficient (Wildman–Crippen LogP) is 4.14. The summed E-state index contributed by atoms with van der Waals surface area (Å²) in [5.41, 5.74) is 1.03. The van der Waals surface area contributed by atoms with Gasteiger partial charge in [0.1, 0.15) is 17.4 Å². The standard InChI is InChI=1S/C17H16ClF2NO2/c1-10(17(22)21(2)3)23-14-7-12(6-13(19)9-14)11-4-5-16(20)15(18)8-11/h4-10H,1-3H3. The van der Waals surface area contributed by atoms with Gasteiger partial charge in [-0.15, -0.1) is 0 Å². The van der Waals surface area contributed by atoms with Crippen LogP contribution in [0.4, 0.5) is 8.78 Å². The van der Waals surface area contributed by atoms with Crippen LogP contribution in [0.1, 0.15) is 6.92 Å². The number of rotatable bonds is 4. The first-order chi connectivity index (χ1) is 10.8. The number of hydrogen-bond acceptors (Lipinski definition) is 2. The molecular formula is C17H16ClF2NO2. The maximum Gasteiger partial charge on any atom is 0.262 e. The van der Waals surface area contributed by atoms with Crippen molar-refractivity contribution >= 4 is 17.5 Å². The van der Waals surface area contributed by atoms with Crippen molar-refractivity contribution < 1.29 is 18.3 Å². The summed E-state index contributed by atoms with van der Waals surface area (Å²) in [5, 5.41) is -0.0506. The molecule has 0 aliphatic carbocycles. The molecule has 2 aromatic carbocycles. The zero-order valence-electron chi connectivity index (χ0n) is 12.9. The fourth-order valence-corrected chi connectivity index (χ4v) is 2.27. The number of carbonyl (C=O) groups is 1. The van der Waals surface area contributed by atoms with Gasteiger partial charge in [0.25, 0.3) is 5.91 Å². The van der Waals surface area contributed by atoms with Gasteiger partial charge in [0.2, 0.25) is 0 Å². The Balaban J connectivity index is 2.32. The number of nitrogens with zero attached hydrogens (tertiary/aromatic N) is 1. The van der Waals surface area contributed by atoms with E-state index in [2.05, 4.69) is 0 Å². The molecule has 0 saturated heterocycles. The van der Waals surface area contributed by atoms with Crippen molar-refractivity contribution in [1.29, 1.82) is 0 Å². The predicted molar refractivity (Wildman–Crippen MR) is 85.6 cm³/mol. The molecule has 1 unspecified atom stereocenters. The topological polar surface area (TPSA) is 29.5 Å². The van der Waals surface area contributed by atoms with Crippen LogP contribution in [0.15, 0.2) is 36.4 Å². The number of likely N-dealkylation sites (N-methyl/N-ethyl adjacent to an activating group) is 1. The van der Waals surface area contributed by atoms with E-state index in [0.717, 1.165) is 0 Å². The summed E-state index contributed by atoms with van der Waals surface area (Å²) in [6.07, 6.45) is -0.753. The molecule has 122 valence electrons. The van der Waals surface area contributed by atoms with Gasteiger partial charge in [-0.25, -0.2) is 8.78 Å². The van der Waals surface area contributed by atoms with E-state index in [4.69, 9.17) is 16.3 Å². The SMILES string of the molecule is CC(Oc1cc(F)cc(-c2ccc(F)c(Cl)c2)c1)C(=O)N(C)C. The van der Waals surface area contributed by atoms with Crippen LogP contribution >= 0.6 is 11.6 Å². The molecule has 0 N–H and O–H groups in total. The molecule has 0 bridgehead atoms. The van der Waals surface area contributed by atoms with E-state index in [1.807, 2.05) is 0 Å². The average molecular weight is 340 g/mol. The van der Waals surface area contributed by atoms with Crippen molar-refractivity contribution in [1.82, 2.24) is 4.90 Å². The highest BCUT2D eigenvalue weighted by Crippen LogP contribution is 2.29. The lowest BCUT2D eigenvalue weighted by molar-refractivity contribution is -0.135. The van der Waals surface area contributed by atoms with E-state index in [1.54, 1.807) is 27.1 Å². The molecule has 2 rings (SSSR count). The molecule has 6 heteroatoms. The first-order valence-corrected chi connectivity index (χ1v) is 7.29. The third-order valence-corrected chi connectivity index (χ3v) is 3.52. The summed E-state index contributed by atoms with van der Waals surface area (Å²) >= 11 is 5.75. The maximum atomic E-state index is 13.8. The number of ether oxygens (including phenoxy) is 1. The van der Waals surface area contributed by atoms with Gasteiger partial charge in [-0.3, -0.25) is 4.79 Å². The van der Waals surface area contributed by atoms with Crippen molar-refractivity contribution in [3.63, 3.8) is 0 Å². The molecule has 23 heavy (non-hydrogen) atoms. The Bertz CT molecular complexity index is 735. The lowest BCUT2D eigenvalue weighted by Crippen LogP contribution is -2.35. The van der Waals surface area contributed by atoms with Gasteiger partial charge < -0.3 is 9.64 Å². The van der Waals surface area contributed by atoms with Gasteiger partial charge in [-0.1, -0.05) is 17.7 Å². The van der Waals surface area contributed by atoms with E-state index < -0.39 is 17.7 Å². The van der Waals surface area contributed by atoms with Crippen molar-refractivity contribution in [3.8, 4) is 16.9 Å². The zero-order chi connectivity index (χ0) is 17.1. The quantitative estimate of drug-likeness (QED) is 0.837. The Morgan fingerprint density at radius 3 is 2.43 bits per heavy atom. The van der Waals surface area contributed by atoms with Crippen molar-refractivity contribution in [2.75, 3.05) is 14.1 Å². The van der Waals surface area contributed by atoms with E-state index >= 15 is 0 Å². The highest BCUT2D eigenvalue weighted by atomic mass is 35.5. The van der Waals surface area contributed by atoms with Crippen LogP contribution in [-0.2, 0) is 4.79 Å². The van der Waals surface area contributed by atoms with Crippen LogP contribution in [-0.4, -0.2) is 31.0 Å². The molecule has 0 radical (unpaired) electrons. The zero-order valence-corrected chi connectivity index (χ0v) is 13.7. The molecule has 2 aromatic rings. The maximum absolute atomic E-state index is 13.8. The first kappa shape index (κ1) is 17.2. The molecule has 1 amide bonds. The molecule has 0 aliphatic rings. The molecule has 0 aliphatic heterocycles. The Morgan fingerprint density at radius 1 is 1.13 bits per heavy atom. The Labute approximate surface area is 138 Å². The van der Waals surface area contributed by atoms with Gasteiger partial charge >= 0.3 is 0 Å². The molecule has 1 atom stereocenters. The summed E-state index contributed by atoms with van der Waals surface area (Å²) in [4.78, 5) is 13.2. The first-order valence-electron chi connectivity index (χ1n) is 6.92. The van der Waals surface area contributed by atoms with Crippen molar-refractivity contribution in [2.45, 2.75) is 13.0 Å². The van der Waals surface area contributed by atoms with Crippen LogP contribution in [0.3, 0.4) is 0 Å². The van der Waals surface area contributed by atoms with Gasteiger partial charge in [0.15, 0.2) is 6.10 Å². The molecule has 3 nitrogen and oxygen atoms in total. The van der Waals surface area contributed by atoms with Crippen LogP contribution in [0, 0.1) is 11.6 Å². The Hall–Kier alpha value is -2.14. The Kier molecular flexibility index (Phi) is 5.21. The number of halogens is 3. The van der Waals surface area contributed by atoms with Gasteiger partial charge in [0, 0.05) is 20.2 Å². The minimum atomic E-state index is -0.753. The number of amides is 1. The highest BCUT2D eigenvalue weighted by molar-refractivity contribution is 6.31. The number of carbonyl (C=O) groups excluding carboxylic acids is 1. The fraction of sp³-hybridized carbons (Fsp3) is 0.235. The third kappa shape index (κ3) is 4.20. The molecule has 0 heterocycles. The van der Waals surface area contributed by atoms with Crippen LogP contribution < -0.4 is 4.74 Å². The summed E-state index contributed by atoms with van der Waals surface area (Å²) in [5.74, 6) is -1.10. The molecular weight excluding hydrogens is 324 g/mol. The smallest absolute Gasteiger partial charge is 0.262 e. The normalized spacial score (nSPS) is 11.9. The minimum absolute atomic E-state index is 0.0506. The summed E-state index contributed by atoms with van der Waals surface area (Å²) in [7, 11) is 3.22. The van der Waals surface area contributed by atoms with E-state index in [1.165, 1.54) is 35.2 Å². The van der Waals surface area contributed by atoms with E-state index in [-0.39, 0.29) is 16.7 Å². The highest BCUT2D eigenvalue weighted by Gasteiger charge is 2.17. The summed E-state index contributed by atoms with van der Waals surface area (Å²) in [6.45, 7) is 1.58. The number of benzene rings is 2. The second-order valence-electron chi connectivity index (χ2n) is 5.30. The summed E-state index contributed by atoms with van der Waals surface area (Å²) < 4.78 is 32.6.